The summed E-state index contributed by atoms with van der Waals surface area (Å²) in [5.74, 6) is -0.693. The zero-order valence-electron chi connectivity index (χ0n) is 12.4. The number of fused-ring (bicyclic) bond motifs is 2. The molecule has 1 aliphatic carbocycles. The third-order valence-electron chi connectivity index (χ3n) is 3.69. The van der Waals surface area contributed by atoms with Gasteiger partial charge in [0, 0.05) is 36.1 Å². The number of hydrogen-bond donors (Lipinski definition) is 0. The molecule has 3 rings (SSSR count). The van der Waals surface area contributed by atoms with Crippen molar-refractivity contribution in [1.82, 2.24) is 0 Å². The lowest BCUT2D eigenvalue weighted by atomic mass is 9.82. The van der Waals surface area contributed by atoms with Crippen LogP contribution in [0.5, 0.6) is 0 Å². The lowest BCUT2D eigenvalue weighted by molar-refractivity contribution is -0.148. The molecule has 0 aromatic heterocycles. The molecule has 0 unspecified atom stereocenters. The van der Waals surface area contributed by atoms with Crippen molar-refractivity contribution in [3.8, 4) is 0 Å². The van der Waals surface area contributed by atoms with Gasteiger partial charge in [-0.05, 0) is 0 Å². The lowest BCUT2D eigenvalue weighted by Crippen LogP contribution is -2.24. The van der Waals surface area contributed by atoms with E-state index >= 15 is 0 Å². The maximum Gasteiger partial charge on any atom is 0.303 e. The van der Waals surface area contributed by atoms with Crippen LogP contribution in [0.4, 0.5) is 0 Å². The minimum atomic E-state index is -0.475. The molecular formula is C18H16O4. The van der Waals surface area contributed by atoms with Crippen LogP contribution in [-0.4, -0.2) is 11.9 Å². The minimum Gasteiger partial charge on any atom is -0.453 e. The third kappa shape index (κ3) is 2.48. The fraction of sp³-hybridized carbons (Fsp3) is 0.222. The molecule has 0 N–H and O–H groups in total. The van der Waals surface area contributed by atoms with Gasteiger partial charge in [0.25, 0.3) is 0 Å². The molecule has 0 atom stereocenters. The predicted octanol–water partition coefficient (Wildman–Crippen LogP) is 3.31. The molecule has 2 aromatic rings. The summed E-state index contributed by atoms with van der Waals surface area (Å²) in [7, 11) is 0. The zero-order chi connectivity index (χ0) is 15.7. The van der Waals surface area contributed by atoms with Gasteiger partial charge in [-0.3, -0.25) is 9.59 Å². The van der Waals surface area contributed by atoms with Gasteiger partial charge in [0.2, 0.25) is 0 Å². The summed E-state index contributed by atoms with van der Waals surface area (Å²) >= 11 is 0. The fourth-order valence-electron chi connectivity index (χ4n) is 2.90. The van der Waals surface area contributed by atoms with E-state index in [1.165, 1.54) is 13.8 Å². The van der Waals surface area contributed by atoms with E-state index in [0.29, 0.717) is 0 Å². The standard InChI is InChI=1S/C18H16O4/c1-11(19)21-17-13-7-3-5-9-15(13)18(22-12(2)20)16-10-6-4-8-14(16)17/h3-10,17-18H,1-2H3. The molecule has 22 heavy (non-hydrogen) atoms. The maximum atomic E-state index is 11.5. The van der Waals surface area contributed by atoms with Crippen molar-refractivity contribution in [1.29, 1.82) is 0 Å². The van der Waals surface area contributed by atoms with Crippen LogP contribution >= 0.6 is 0 Å². The third-order valence-corrected chi connectivity index (χ3v) is 3.69. The quantitative estimate of drug-likeness (QED) is 0.798. The first kappa shape index (κ1) is 14.3. The zero-order valence-corrected chi connectivity index (χ0v) is 12.4. The SMILES string of the molecule is CC(=O)OC1c2ccccc2C(OC(C)=O)c2ccccc21. The molecule has 0 fully saturated rings. The average Bonchev–Trinajstić information content (AvgIpc) is 2.50. The Morgan fingerprint density at radius 1 is 0.682 bits per heavy atom. The van der Waals surface area contributed by atoms with Crippen LogP contribution in [0.1, 0.15) is 48.3 Å². The molecule has 0 bridgehead atoms. The van der Waals surface area contributed by atoms with Gasteiger partial charge in [-0.25, -0.2) is 0 Å². The van der Waals surface area contributed by atoms with Crippen LogP contribution in [0.15, 0.2) is 48.5 Å². The monoisotopic (exact) mass is 296 g/mol. The summed E-state index contributed by atoms with van der Waals surface area (Å²) < 4.78 is 11.0. The van der Waals surface area contributed by atoms with Crippen LogP contribution in [0.2, 0.25) is 0 Å². The topological polar surface area (TPSA) is 52.6 Å². The molecule has 4 heteroatoms. The Kier molecular flexibility index (Phi) is 3.67. The van der Waals surface area contributed by atoms with Gasteiger partial charge in [-0.1, -0.05) is 48.5 Å². The van der Waals surface area contributed by atoms with E-state index in [9.17, 15) is 9.59 Å². The summed E-state index contributed by atoms with van der Waals surface area (Å²) in [6, 6.07) is 15.1. The van der Waals surface area contributed by atoms with Crippen LogP contribution in [0.3, 0.4) is 0 Å². The number of benzene rings is 2. The molecule has 0 amide bonds. The highest BCUT2D eigenvalue weighted by molar-refractivity contribution is 5.69. The molecule has 0 saturated heterocycles. The highest BCUT2D eigenvalue weighted by Gasteiger charge is 2.35. The Hall–Kier alpha value is -2.62. The van der Waals surface area contributed by atoms with E-state index in [4.69, 9.17) is 9.47 Å². The number of carbonyl (C=O) groups excluding carboxylic acids is 2. The van der Waals surface area contributed by atoms with Crippen LogP contribution in [0.25, 0.3) is 0 Å². The Balaban J connectivity index is 2.18. The number of rotatable bonds is 2. The summed E-state index contributed by atoms with van der Waals surface area (Å²) in [4.78, 5) is 23.0. The van der Waals surface area contributed by atoms with E-state index in [-0.39, 0.29) is 11.9 Å². The smallest absolute Gasteiger partial charge is 0.303 e. The van der Waals surface area contributed by atoms with Crippen molar-refractivity contribution in [3.05, 3.63) is 70.8 Å². The van der Waals surface area contributed by atoms with E-state index in [2.05, 4.69) is 0 Å². The summed E-state index contributed by atoms with van der Waals surface area (Å²) in [6.07, 6.45) is -0.951. The van der Waals surface area contributed by atoms with Gasteiger partial charge in [-0.15, -0.1) is 0 Å². The van der Waals surface area contributed by atoms with Crippen LogP contribution in [0, 0.1) is 0 Å². The Morgan fingerprint density at radius 2 is 0.955 bits per heavy atom. The maximum absolute atomic E-state index is 11.5. The van der Waals surface area contributed by atoms with Crippen molar-refractivity contribution in [2.75, 3.05) is 0 Å². The van der Waals surface area contributed by atoms with Gasteiger partial charge in [0.05, 0.1) is 0 Å². The number of esters is 2. The second kappa shape index (κ2) is 5.64. The summed E-state index contributed by atoms with van der Waals surface area (Å²) in [5, 5.41) is 0. The average molecular weight is 296 g/mol. The van der Waals surface area contributed by atoms with Crippen molar-refractivity contribution in [2.24, 2.45) is 0 Å². The normalized spacial score (nSPS) is 18.8. The molecule has 0 aliphatic heterocycles. The molecule has 2 aromatic carbocycles. The second-order valence-corrected chi connectivity index (χ2v) is 5.24. The molecule has 0 radical (unpaired) electrons. The lowest BCUT2D eigenvalue weighted by Gasteiger charge is -2.32. The summed E-state index contributed by atoms with van der Waals surface area (Å²) in [6.45, 7) is 2.78. The van der Waals surface area contributed by atoms with Crippen molar-refractivity contribution in [2.45, 2.75) is 26.1 Å². The largest absolute Gasteiger partial charge is 0.453 e. The molecule has 112 valence electrons. The minimum absolute atomic E-state index is 0.347. The Labute approximate surface area is 128 Å². The van der Waals surface area contributed by atoms with Crippen molar-refractivity contribution < 1.29 is 19.1 Å². The fourth-order valence-corrected chi connectivity index (χ4v) is 2.90. The Morgan fingerprint density at radius 3 is 1.18 bits per heavy atom. The molecule has 4 nitrogen and oxygen atoms in total. The van der Waals surface area contributed by atoms with E-state index in [0.717, 1.165) is 22.3 Å². The van der Waals surface area contributed by atoms with Crippen LogP contribution < -0.4 is 0 Å². The van der Waals surface area contributed by atoms with Crippen LogP contribution in [-0.2, 0) is 19.1 Å². The molecule has 0 heterocycles. The first-order valence-corrected chi connectivity index (χ1v) is 7.10. The van der Waals surface area contributed by atoms with E-state index < -0.39 is 12.2 Å². The first-order valence-electron chi connectivity index (χ1n) is 7.10. The van der Waals surface area contributed by atoms with Crippen molar-refractivity contribution >= 4 is 11.9 Å². The first-order chi connectivity index (χ1) is 10.6. The van der Waals surface area contributed by atoms with E-state index in [1.54, 1.807) is 0 Å². The van der Waals surface area contributed by atoms with Gasteiger partial charge >= 0.3 is 11.9 Å². The highest BCUT2D eigenvalue weighted by atomic mass is 16.6. The predicted molar refractivity (Wildman–Crippen MR) is 80.1 cm³/mol. The van der Waals surface area contributed by atoms with Crippen molar-refractivity contribution in [3.63, 3.8) is 0 Å². The number of carbonyl (C=O) groups is 2. The molecule has 0 spiro atoms. The second-order valence-electron chi connectivity index (χ2n) is 5.24. The van der Waals surface area contributed by atoms with E-state index in [1.807, 2.05) is 48.5 Å². The summed E-state index contributed by atoms with van der Waals surface area (Å²) in [5.41, 5.74) is 3.40. The highest BCUT2D eigenvalue weighted by Crippen LogP contribution is 2.44. The van der Waals surface area contributed by atoms with Gasteiger partial charge in [-0.2, -0.15) is 0 Å². The Bertz CT molecular complexity index is 626. The molecule has 0 saturated carbocycles. The van der Waals surface area contributed by atoms with Gasteiger partial charge < -0.3 is 9.47 Å². The van der Waals surface area contributed by atoms with Gasteiger partial charge in [0.1, 0.15) is 0 Å². The van der Waals surface area contributed by atoms with Gasteiger partial charge in [0.15, 0.2) is 12.2 Å². The number of ether oxygens (including phenoxy) is 2. The number of hydrogen-bond acceptors (Lipinski definition) is 4. The molecule has 1 aliphatic rings. The molecular weight excluding hydrogens is 280 g/mol.